The molecule has 0 unspecified atom stereocenters. The zero-order chi connectivity index (χ0) is 27.0. The van der Waals surface area contributed by atoms with E-state index in [0.29, 0.717) is 24.1 Å². The van der Waals surface area contributed by atoms with Gasteiger partial charge in [-0.2, -0.15) is 0 Å². The van der Waals surface area contributed by atoms with Crippen molar-refractivity contribution in [1.29, 1.82) is 0 Å². The lowest BCUT2D eigenvalue weighted by atomic mass is 10.1. The molecule has 1 saturated heterocycles. The van der Waals surface area contributed by atoms with Gasteiger partial charge >= 0.3 is 0 Å². The summed E-state index contributed by atoms with van der Waals surface area (Å²) in [7, 11) is -3.00. The molecule has 0 spiro atoms. The lowest BCUT2D eigenvalue weighted by molar-refractivity contribution is 0.271. The molecule has 0 atom stereocenters. The number of sulfone groups is 1. The molecule has 0 bridgehead atoms. The predicted octanol–water partition coefficient (Wildman–Crippen LogP) is 4.01. The minimum Gasteiger partial charge on any atom is -0.353 e. The summed E-state index contributed by atoms with van der Waals surface area (Å²) in [6.07, 6.45) is 9.02. The normalized spacial score (nSPS) is 16.5. The zero-order valence-corrected chi connectivity index (χ0v) is 22.5. The van der Waals surface area contributed by atoms with Gasteiger partial charge in [0.1, 0.15) is 27.3 Å². The SMILES string of the molecule is CS(=O)(=O)CCN1CCN(c2nc(-c3ccnc(Nc4ccc(F)cc4)c3)nc3cncc(C4CC4)c23)CC1. The Hall–Kier alpha value is -3.70. The van der Waals surface area contributed by atoms with Gasteiger partial charge in [-0.15, -0.1) is 0 Å². The van der Waals surface area contributed by atoms with E-state index in [9.17, 15) is 12.8 Å². The van der Waals surface area contributed by atoms with Crippen molar-refractivity contribution in [2.24, 2.45) is 0 Å². The highest BCUT2D eigenvalue weighted by Gasteiger charge is 2.30. The Balaban J connectivity index is 1.33. The van der Waals surface area contributed by atoms with E-state index in [-0.39, 0.29) is 11.6 Å². The van der Waals surface area contributed by atoms with Gasteiger partial charge in [-0.25, -0.2) is 27.8 Å². The molecule has 4 aromatic rings. The number of fused-ring (bicyclic) bond motifs is 1. The van der Waals surface area contributed by atoms with E-state index < -0.39 is 9.84 Å². The number of nitrogens with zero attached hydrogens (tertiary/aromatic N) is 6. The average molecular weight is 548 g/mol. The molecule has 1 aliphatic carbocycles. The first kappa shape index (κ1) is 25.6. The minimum absolute atomic E-state index is 0.168. The first-order valence-electron chi connectivity index (χ1n) is 13.1. The summed E-state index contributed by atoms with van der Waals surface area (Å²) < 4.78 is 36.6. The van der Waals surface area contributed by atoms with Crippen molar-refractivity contribution in [3.05, 3.63) is 66.4 Å². The van der Waals surface area contributed by atoms with Crippen molar-refractivity contribution in [3.63, 3.8) is 0 Å². The lowest BCUT2D eigenvalue weighted by Crippen LogP contribution is -2.48. The van der Waals surface area contributed by atoms with Gasteiger partial charge in [-0.1, -0.05) is 0 Å². The third-order valence-corrected chi connectivity index (χ3v) is 8.14. The lowest BCUT2D eigenvalue weighted by Gasteiger charge is -2.36. The van der Waals surface area contributed by atoms with Crippen LogP contribution in [0.1, 0.15) is 24.3 Å². The van der Waals surface area contributed by atoms with Crippen LogP contribution < -0.4 is 10.2 Å². The topological polar surface area (TPSA) is 104 Å². The molecule has 1 saturated carbocycles. The van der Waals surface area contributed by atoms with Crippen LogP contribution in [0, 0.1) is 5.82 Å². The summed E-state index contributed by atoms with van der Waals surface area (Å²) in [6.45, 7) is 3.56. The zero-order valence-electron chi connectivity index (χ0n) is 21.7. The quantitative estimate of drug-likeness (QED) is 0.350. The van der Waals surface area contributed by atoms with E-state index in [4.69, 9.17) is 9.97 Å². The van der Waals surface area contributed by atoms with Crippen molar-refractivity contribution < 1.29 is 12.8 Å². The molecule has 1 aliphatic heterocycles. The number of hydrogen-bond acceptors (Lipinski definition) is 9. The van der Waals surface area contributed by atoms with Crippen molar-refractivity contribution >= 4 is 38.1 Å². The molecule has 0 amide bonds. The first-order chi connectivity index (χ1) is 18.8. The summed E-state index contributed by atoms with van der Waals surface area (Å²) in [4.78, 5) is 23.4. The Morgan fingerprint density at radius 3 is 2.51 bits per heavy atom. The maximum absolute atomic E-state index is 13.3. The second kappa shape index (κ2) is 10.5. The Bertz CT molecular complexity index is 1600. The smallest absolute Gasteiger partial charge is 0.162 e. The maximum Gasteiger partial charge on any atom is 0.162 e. The highest BCUT2D eigenvalue weighted by molar-refractivity contribution is 7.90. The standard InChI is InChI=1S/C28H30FN7O2S/c1-39(37,38)15-14-35-10-12-36(13-11-35)28-26-23(19-2-3-19)17-30-18-24(26)33-27(34-28)20-8-9-31-25(16-20)32-22-6-4-21(29)5-7-22/h4-9,16-19H,2-3,10-15H2,1H3,(H,31,32). The fraction of sp³-hybridized carbons (Fsp3) is 0.357. The molecule has 3 aromatic heterocycles. The Labute approximate surface area is 227 Å². The Kier molecular flexibility index (Phi) is 6.86. The van der Waals surface area contributed by atoms with Crippen molar-refractivity contribution in [3.8, 4) is 11.4 Å². The number of halogens is 1. The first-order valence-corrected chi connectivity index (χ1v) is 15.2. The van der Waals surface area contributed by atoms with Crippen LogP contribution in [0.15, 0.2) is 55.0 Å². The average Bonchev–Trinajstić information content (AvgIpc) is 3.78. The van der Waals surface area contributed by atoms with E-state index in [2.05, 4.69) is 25.1 Å². The van der Waals surface area contributed by atoms with Crippen LogP contribution in [0.3, 0.4) is 0 Å². The van der Waals surface area contributed by atoms with E-state index >= 15 is 0 Å². The summed E-state index contributed by atoms with van der Waals surface area (Å²) in [5, 5.41) is 4.27. The van der Waals surface area contributed by atoms with Crippen LogP contribution in [0.4, 0.5) is 21.7 Å². The molecule has 4 heterocycles. The number of nitrogens with one attached hydrogen (secondary N) is 1. The fourth-order valence-corrected chi connectivity index (χ4v) is 5.54. The molecule has 1 aromatic carbocycles. The van der Waals surface area contributed by atoms with Gasteiger partial charge in [0.15, 0.2) is 5.82 Å². The van der Waals surface area contributed by atoms with Crippen LogP contribution in [0.5, 0.6) is 0 Å². The van der Waals surface area contributed by atoms with E-state index in [0.717, 1.165) is 67.0 Å². The number of benzene rings is 1. The van der Waals surface area contributed by atoms with Gasteiger partial charge in [-0.3, -0.25) is 9.88 Å². The number of pyridine rings is 2. The third kappa shape index (κ3) is 5.99. The van der Waals surface area contributed by atoms with Crippen LogP contribution in [-0.4, -0.2) is 78.0 Å². The van der Waals surface area contributed by atoms with Crippen LogP contribution >= 0.6 is 0 Å². The molecule has 6 rings (SSSR count). The molecular weight excluding hydrogens is 517 g/mol. The second-order valence-corrected chi connectivity index (χ2v) is 12.5. The van der Waals surface area contributed by atoms with Gasteiger partial charge in [0.2, 0.25) is 0 Å². The van der Waals surface area contributed by atoms with E-state index in [1.54, 1.807) is 24.5 Å². The van der Waals surface area contributed by atoms with Crippen molar-refractivity contribution in [2.75, 3.05) is 54.9 Å². The van der Waals surface area contributed by atoms with Gasteiger partial charge in [0, 0.05) is 68.0 Å². The molecule has 2 aliphatic rings. The van der Waals surface area contributed by atoms with Gasteiger partial charge in [0.25, 0.3) is 0 Å². The summed E-state index contributed by atoms with van der Waals surface area (Å²) >= 11 is 0. The third-order valence-electron chi connectivity index (χ3n) is 7.22. The molecule has 9 nitrogen and oxygen atoms in total. The fourth-order valence-electron chi connectivity index (χ4n) is 4.95. The molecule has 2 fully saturated rings. The molecule has 202 valence electrons. The molecule has 1 N–H and O–H groups in total. The number of piperazine rings is 1. The monoisotopic (exact) mass is 547 g/mol. The highest BCUT2D eigenvalue weighted by atomic mass is 32.2. The molecular formula is C28H30FN7O2S. The minimum atomic E-state index is -3.00. The molecule has 11 heteroatoms. The van der Waals surface area contributed by atoms with Gasteiger partial charge < -0.3 is 10.2 Å². The van der Waals surface area contributed by atoms with Gasteiger partial charge in [0.05, 0.1) is 17.5 Å². The largest absolute Gasteiger partial charge is 0.353 e. The summed E-state index contributed by atoms with van der Waals surface area (Å²) in [5.41, 5.74) is 3.54. The molecule has 0 radical (unpaired) electrons. The van der Waals surface area contributed by atoms with Crippen LogP contribution in [0.25, 0.3) is 22.3 Å². The Morgan fingerprint density at radius 1 is 1.03 bits per heavy atom. The predicted molar refractivity (Wildman–Crippen MR) is 151 cm³/mol. The maximum atomic E-state index is 13.3. The van der Waals surface area contributed by atoms with E-state index in [1.807, 2.05) is 18.3 Å². The summed E-state index contributed by atoms with van der Waals surface area (Å²) in [5.74, 6) is 2.44. The number of aromatic nitrogens is 4. The van der Waals surface area contributed by atoms with Gasteiger partial charge in [-0.05, 0) is 60.7 Å². The number of anilines is 3. The van der Waals surface area contributed by atoms with E-state index in [1.165, 1.54) is 24.0 Å². The van der Waals surface area contributed by atoms with Crippen molar-refractivity contribution in [2.45, 2.75) is 18.8 Å². The highest BCUT2D eigenvalue weighted by Crippen LogP contribution is 2.45. The number of hydrogen-bond donors (Lipinski definition) is 1. The number of rotatable bonds is 8. The van der Waals surface area contributed by atoms with Crippen LogP contribution in [-0.2, 0) is 9.84 Å². The van der Waals surface area contributed by atoms with Crippen molar-refractivity contribution in [1.82, 2.24) is 24.8 Å². The Morgan fingerprint density at radius 2 is 1.79 bits per heavy atom. The summed E-state index contributed by atoms with van der Waals surface area (Å²) in [6, 6.07) is 9.88. The second-order valence-electron chi connectivity index (χ2n) is 10.3. The molecule has 39 heavy (non-hydrogen) atoms. The van der Waals surface area contributed by atoms with Crippen LogP contribution in [0.2, 0.25) is 0 Å².